The summed E-state index contributed by atoms with van der Waals surface area (Å²) in [4.78, 5) is 31.8. The molecule has 1 atom stereocenters. The minimum atomic E-state index is -1.02. The van der Waals surface area contributed by atoms with Gasteiger partial charge < -0.3 is 15.2 Å². The van der Waals surface area contributed by atoms with Gasteiger partial charge in [0, 0.05) is 11.1 Å². The van der Waals surface area contributed by atoms with Crippen molar-refractivity contribution in [2.24, 2.45) is 15.9 Å². The third-order valence-electron chi connectivity index (χ3n) is 5.94. The predicted molar refractivity (Wildman–Crippen MR) is 112 cm³/mol. The molecule has 2 N–H and O–H groups in total. The van der Waals surface area contributed by atoms with Crippen LogP contribution in [-0.4, -0.2) is 29.3 Å². The Labute approximate surface area is 172 Å². The molecule has 7 heteroatoms. The van der Waals surface area contributed by atoms with Crippen LogP contribution in [0.4, 0.5) is 4.79 Å². The summed E-state index contributed by atoms with van der Waals surface area (Å²) in [6.45, 7) is 0. The van der Waals surface area contributed by atoms with E-state index in [2.05, 4.69) is 15.3 Å². The van der Waals surface area contributed by atoms with Crippen molar-refractivity contribution in [3.05, 3.63) is 71.3 Å². The van der Waals surface area contributed by atoms with E-state index in [1.165, 1.54) is 6.34 Å². The van der Waals surface area contributed by atoms with Gasteiger partial charge in [0.05, 0.1) is 5.54 Å². The van der Waals surface area contributed by atoms with Gasteiger partial charge in [-0.2, -0.15) is 0 Å². The summed E-state index contributed by atoms with van der Waals surface area (Å²) in [5, 5.41) is 11.9. The molecule has 1 saturated carbocycles. The van der Waals surface area contributed by atoms with E-state index in [9.17, 15) is 14.7 Å². The first kappa shape index (κ1) is 18.3. The van der Waals surface area contributed by atoms with E-state index in [-0.39, 0.29) is 5.91 Å². The van der Waals surface area contributed by atoms with Gasteiger partial charge in [-0.05, 0) is 30.4 Å². The first-order valence-corrected chi connectivity index (χ1v) is 9.81. The summed E-state index contributed by atoms with van der Waals surface area (Å²) in [6.07, 6.45) is 2.74. The number of rotatable bonds is 4. The first-order valence-electron chi connectivity index (χ1n) is 9.81. The molecule has 0 saturated heterocycles. The lowest BCUT2D eigenvalue weighted by Crippen LogP contribution is -2.50. The van der Waals surface area contributed by atoms with Crippen molar-refractivity contribution in [3.8, 4) is 0 Å². The van der Waals surface area contributed by atoms with Crippen LogP contribution in [0.25, 0.3) is 11.3 Å². The van der Waals surface area contributed by atoms with Gasteiger partial charge in [0.2, 0.25) is 5.90 Å². The lowest BCUT2D eigenvalue weighted by molar-refractivity contribution is -0.118. The number of aliphatic imine (C=N–C) groups is 2. The van der Waals surface area contributed by atoms with E-state index in [4.69, 9.17) is 4.74 Å². The maximum absolute atomic E-state index is 12.5. The molecule has 5 rings (SSSR count). The lowest BCUT2D eigenvalue weighted by atomic mass is 9.71. The minimum Gasteiger partial charge on any atom is -0.465 e. The molecular formula is C23H19N3O4. The van der Waals surface area contributed by atoms with Gasteiger partial charge in [-0.15, -0.1) is 0 Å². The fraction of sp³-hybridized carbons (Fsp3) is 0.217. The number of fused-ring (bicyclic) bond motifs is 1. The standard InChI is InChI=1S/C23H19N3O4/c27-20-18-17(14-5-2-1-3-6-14)19(30-21(18)25-13-24-20)15-7-9-16(10-8-15)23(11-4-12-23)26-22(28)29/h1-3,5-10,13,18,26H,4,11-12H2,(H,28,29). The van der Waals surface area contributed by atoms with Crippen LogP contribution in [0.1, 0.15) is 36.0 Å². The SMILES string of the molecule is O=C(O)NC1(c2ccc(C3=C(c4ccccc4)C4C(=O)N=CN=C4O3)cc2)CCC1. The normalized spacial score (nSPS) is 21.4. The van der Waals surface area contributed by atoms with Crippen LogP contribution in [0, 0.1) is 5.92 Å². The monoisotopic (exact) mass is 401 g/mol. The zero-order chi connectivity index (χ0) is 20.7. The van der Waals surface area contributed by atoms with Crippen molar-refractivity contribution in [3.63, 3.8) is 0 Å². The van der Waals surface area contributed by atoms with Crippen molar-refractivity contribution in [2.75, 3.05) is 0 Å². The van der Waals surface area contributed by atoms with Gasteiger partial charge in [-0.1, -0.05) is 54.6 Å². The maximum Gasteiger partial charge on any atom is 0.405 e. The molecule has 1 aliphatic carbocycles. The second-order valence-corrected chi connectivity index (χ2v) is 7.64. The van der Waals surface area contributed by atoms with Crippen molar-refractivity contribution >= 4 is 35.6 Å². The molecule has 3 aliphatic rings. The Hall–Kier alpha value is -3.74. The van der Waals surface area contributed by atoms with Crippen LogP contribution in [0.3, 0.4) is 0 Å². The number of hydrogen-bond acceptors (Lipinski definition) is 4. The van der Waals surface area contributed by atoms with E-state index in [0.717, 1.165) is 41.5 Å². The first-order chi connectivity index (χ1) is 14.6. The second kappa shape index (κ2) is 6.95. The van der Waals surface area contributed by atoms with Crippen LogP contribution in [-0.2, 0) is 15.1 Å². The summed E-state index contributed by atoms with van der Waals surface area (Å²) in [5.41, 5.74) is 2.81. The van der Waals surface area contributed by atoms with Gasteiger partial charge in [-0.25, -0.2) is 14.8 Å². The zero-order valence-corrected chi connectivity index (χ0v) is 16.0. The molecule has 2 aromatic rings. The van der Waals surface area contributed by atoms with E-state index in [0.29, 0.717) is 11.7 Å². The summed E-state index contributed by atoms with van der Waals surface area (Å²) in [5.74, 6) is -0.0524. The summed E-state index contributed by atoms with van der Waals surface area (Å²) >= 11 is 0. The highest BCUT2D eigenvalue weighted by molar-refractivity contribution is 6.23. The fourth-order valence-corrected chi connectivity index (χ4v) is 4.31. The highest BCUT2D eigenvalue weighted by Gasteiger charge is 2.43. The van der Waals surface area contributed by atoms with E-state index >= 15 is 0 Å². The summed E-state index contributed by atoms with van der Waals surface area (Å²) in [6, 6.07) is 17.2. The number of ether oxygens (including phenoxy) is 1. The van der Waals surface area contributed by atoms with Gasteiger partial charge in [0.15, 0.2) is 0 Å². The lowest BCUT2D eigenvalue weighted by Gasteiger charge is -2.42. The van der Waals surface area contributed by atoms with E-state index in [1.807, 2.05) is 54.6 Å². The Balaban J connectivity index is 1.57. The predicted octanol–water partition coefficient (Wildman–Crippen LogP) is 3.82. The van der Waals surface area contributed by atoms with E-state index in [1.54, 1.807) is 0 Å². The number of benzene rings is 2. The zero-order valence-electron chi connectivity index (χ0n) is 16.0. The molecule has 30 heavy (non-hydrogen) atoms. The smallest absolute Gasteiger partial charge is 0.405 e. The van der Waals surface area contributed by atoms with Crippen LogP contribution in [0.5, 0.6) is 0 Å². The van der Waals surface area contributed by atoms with Crippen molar-refractivity contribution in [2.45, 2.75) is 24.8 Å². The Kier molecular flexibility index (Phi) is 4.24. The topological polar surface area (TPSA) is 100 Å². The van der Waals surface area contributed by atoms with Crippen LogP contribution < -0.4 is 5.32 Å². The molecule has 2 heterocycles. The molecular weight excluding hydrogens is 382 g/mol. The van der Waals surface area contributed by atoms with Crippen LogP contribution in [0.15, 0.2) is 64.6 Å². The largest absolute Gasteiger partial charge is 0.465 e. The Morgan fingerprint density at radius 2 is 1.80 bits per heavy atom. The molecule has 150 valence electrons. The average molecular weight is 401 g/mol. The molecule has 1 unspecified atom stereocenters. The minimum absolute atomic E-state index is 0.301. The second-order valence-electron chi connectivity index (χ2n) is 7.64. The van der Waals surface area contributed by atoms with Crippen LogP contribution >= 0.6 is 0 Å². The Bertz CT molecular complexity index is 1110. The van der Waals surface area contributed by atoms with E-state index < -0.39 is 17.6 Å². The molecule has 0 radical (unpaired) electrons. The molecule has 2 amide bonds. The van der Waals surface area contributed by atoms with Gasteiger partial charge >= 0.3 is 6.09 Å². The number of carboxylic acid groups (broad SMARTS) is 1. The molecule has 0 spiro atoms. The maximum atomic E-state index is 12.5. The fourth-order valence-electron chi connectivity index (χ4n) is 4.31. The molecule has 7 nitrogen and oxygen atoms in total. The van der Waals surface area contributed by atoms with Gasteiger partial charge in [0.1, 0.15) is 18.0 Å². The molecule has 0 bridgehead atoms. The highest BCUT2D eigenvalue weighted by atomic mass is 16.5. The molecule has 2 aliphatic heterocycles. The number of carbonyl (C=O) groups excluding carboxylic acids is 1. The number of amides is 2. The molecule has 1 fully saturated rings. The Morgan fingerprint density at radius 3 is 2.43 bits per heavy atom. The van der Waals surface area contributed by atoms with Crippen molar-refractivity contribution < 1.29 is 19.4 Å². The third-order valence-corrected chi connectivity index (χ3v) is 5.94. The van der Waals surface area contributed by atoms with Crippen LogP contribution in [0.2, 0.25) is 0 Å². The van der Waals surface area contributed by atoms with Gasteiger partial charge in [0.25, 0.3) is 5.91 Å². The third kappa shape index (κ3) is 2.90. The van der Waals surface area contributed by atoms with Crippen molar-refractivity contribution in [1.29, 1.82) is 0 Å². The number of carbonyl (C=O) groups is 2. The van der Waals surface area contributed by atoms with Crippen molar-refractivity contribution in [1.82, 2.24) is 5.32 Å². The Morgan fingerprint density at radius 1 is 1.07 bits per heavy atom. The summed E-state index contributed by atoms with van der Waals surface area (Å²) < 4.78 is 6.03. The van der Waals surface area contributed by atoms with Gasteiger partial charge in [-0.3, -0.25) is 4.79 Å². The highest BCUT2D eigenvalue weighted by Crippen LogP contribution is 2.44. The number of nitrogens with zero attached hydrogens (tertiary/aromatic N) is 2. The number of nitrogens with one attached hydrogen (secondary N) is 1. The molecule has 0 aromatic heterocycles. The summed E-state index contributed by atoms with van der Waals surface area (Å²) in [7, 11) is 0. The molecule has 2 aromatic carbocycles. The average Bonchev–Trinajstić information content (AvgIpc) is 3.12. The quantitative estimate of drug-likeness (QED) is 0.813. The number of hydrogen-bond donors (Lipinski definition) is 2.